The van der Waals surface area contributed by atoms with Gasteiger partial charge in [-0.1, -0.05) is 6.07 Å². The number of nitrogens with one attached hydrogen (secondary N) is 1. The van der Waals surface area contributed by atoms with Crippen LogP contribution in [0, 0.1) is 0 Å². The van der Waals surface area contributed by atoms with Gasteiger partial charge in [-0.05, 0) is 38.6 Å². The third kappa shape index (κ3) is 2.88. The Morgan fingerprint density at radius 3 is 3.00 bits per heavy atom. The standard InChI is InChI=1S/C13H22N4/c1-14-12-7-4-8-13(15-12)17(3)11-6-5-9-16(2)10-11/h4,7-8,11H,5-6,9-10H2,1-3H3,(H,14,15). The third-order valence-electron chi connectivity index (χ3n) is 3.50. The van der Waals surface area contributed by atoms with Crippen LogP contribution in [0.1, 0.15) is 12.8 Å². The zero-order chi connectivity index (χ0) is 12.3. The van der Waals surface area contributed by atoms with E-state index in [-0.39, 0.29) is 0 Å². The van der Waals surface area contributed by atoms with Crippen LogP contribution in [0.2, 0.25) is 0 Å². The lowest BCUT2D eigenvalue weighted by Gasteiger charge is -2.36. The summed E-state index contributed by atoms with van der Waals surface area (Å²) >= 11 is 0. The first-order chi connectivity index (χ1) is 8.20. The average molecular weight is 234 g/mol. The summed E-state index contributed by atoms with van der Waals surface area (Å²) in [7, 11) is 6.24. The van der Waals surface area contributed by atoms with Gasteiger partial charge in [-0.3, -0.25) is 0 Å². The molecule has 1 unspecified atom stereocenters. The number of piperidine rings is 1. The number of rotatable bonds is 3. The Balaban J connectivity index is 2.09. The Morgan fingerprint density at radius 1 is 1.47 bits per heavy atom. The van der Waals surface area contributed by atoms with Crippen LogP contribution in [0.25, 0.3) is 0 Å². The SMILES string of the molecule is CNc1cccc(N(C)C2CCCN(C)C2)n1. The van der Waals surface area contributed by atoms with Gasteiger partial charge in [0, 0.05) is 26.7 Å². The van der Waals surface area contributed by atoms with Crippen molar-refractivity contribution >= 4 is 11.6 Å². The van der Waals surface area contributed by atoms with Gasteiger partial charge in [-0.15, -0.1) is 0 Å². The van der Waals surface area contributed by atoms with E-state index >= 15 is 0 Å². The van der Waals surface area contributed by atoms with Gasteiger partial charge >= 0.3 is 0 Å². The van der Waals surface area contributed by atoms with Crippen LogP contribution in [0.15, 0.2) is 18.2 Å². The van der Waals surface area contributed by atoms with Crippen molar-refractivity contribution in [3.8, 4) is 0 Å². The third-order valence-corrected chi connectivity index (χ3v) is 3.50. The number of hydrogen-bond donors (Lipinski definition) is 1. The van der Waals surface area contributed by atoms with Crippen LogP contribution < -0.4 is 10.2 Å². The second-order valence-corrected chi connectivity index (χ2v) is 4.80. The van der Waals surface area contributed by atoms with E-state index in [1.165, 1.54) is 19.4 Å². The molecule has 1 aromatic rings. The summed E-state index contributed by atoms with van der Waals surface area (Å²) in [6.07, 6.45) is 2.53. The molecule has 1 aromatic heterocycles. The molecule has 1 fully saturated rings. The van der Waals surface area contributed by atoms with Gasteiger partial charge in [-0.2, -0.15) is 0 Å². The average Bonchev–Trinajstić information content (AvgIpc) is 2.38. The Labute approximate surface area is 104 Å². The highest BCUT2D eigenvalue weighted by Gasteiger charge is 2.21. The first-order valence-corrected chi connectivity index (χ1v) is 6.27. The zero-order valence-corrected chi connectivity index (χ0v) is 11.0. The van der Waals surface area contributed by atoms with Gasteiger partial charge < -0.3 is 15.1 Å². The van der Waals surface area contributed by atoms with Crippen molar-refractivity contribution < 1.29 is 0 Å². The summed E-state index contributed by atoms with van der Waals surface area (Å²) in [4.78, 5) is 9.29. The lowest BCUT2D eigenvalue weighted by molar-refractivity contribution is 0.247. The lowest BCUT2D eigenvalue weighted by Crippen LogP contribution is -2.45. The van der Waals surface area contributed by atoms with Crippen LogP contribution >= 0.6 is 0 Å². The Hall–Kier alpha value is -1.29. The van der Waals surface area contributed by atoms with E-state index in [4.69, 9.17) is 0 Å². The molecule has 1 atom stereocenters. The summed E-state index contributed by atoms with van der Waals surface area (Å²) in [6, 6.07) is 6.70. The minimum Gasteiger partial charge on any atom is -0.373 e. The van der Waals surface area contributed by atoms with E-state index in [2.05, 4.69) is 46.3 Å². The molecule has 4 nitrogen and oxygen atoms in total. The van der Waals surface area contributed by atoms with Crippen molar-refractivity contribution in [3.05, 3.63) is 18.2 Å². The van der Waals surface area contributed by atoms with E-state index in [0.29, 0.717) is 6.04 Å². The first-order valence-electron chi connectivity index (χ1n) is 6.27. The number of hydrogen-bond acceptors (Lipinski definition) is 4. The summed E-state index contributed by atoms with van der Waals surface area (Å²) in [6.45, 7) is 2.34. The maximum atomic E-state index is 4.59. The predicted molar refractivity (Wildman–Crippen MR) is 72.7 cm³/mol. The fourth-order valence-corrected chi connectivity index (χ4v) is 2.40. The number of anilines is 2. The fraction of sp³-hybridized carbons (Fsp3) is 0.615. The highest BCUT2D eigenvalue weighted by atomic mass is 15.2. The largest absolute Gasteiger partial charge is 0.373 e. The molecule has 0 radical (unpaired) electrons. The summed E-state index contributed by atoms with van der Waals surface area (Å²) in [5.74, 6) is 1.98. The highest BCUT2D eigenvalue weighted by Crippen LogP contribution is 2.20. The molecule has 1 saturated heterocycles. The second-order valence-electron chi connectivity index (χ2n) is 4.80. The smallest absolute Gasteiger partial charge is 0.130 e. The molecule has 4 heteroatoms. The zero-order valence-electron chi connectivity index (χ0n) is 11.0. The Kier molecular flexibility index (Phi) is 3.84. The summed E-state index contributed by atoms with van der Waals surface area (Å²) in [5, 5.41) is 3.09. The van der Waals surface area contributed by atoms with E-state index < -0.39 is 0 Å². The maximum Gasteiger partial charge on any atom is 0.130 e. The van der Waals surface area contributed by atoms with Crippen LogP contribution in [0.5, 0.6) is 0 Å². The van der Waals surface area contributed by atoms with Crippen LogP contribution in [0.4, 0.5) is 11.6 Å². The quantitative estimate of drug-likeness (QED) is 0.862. The van der Waals surface area contributed by atoms with Crippen molar-refractivity contribution in [1.82, 2.24) is 9.88 Å². The fourth-order valence-electron chi connectivity index (χ4n) is 2.40. The Bertz CT molecular complexity index is 366. The van der Waals surface area contributed by atoms with Gasteiger partial charge in [0.25, 0.3) is 0 Å². The molecular weight excluding hydrogens is 212 g/mol. The lowest BCUT2D eigenvalue weighted by atomic mass is 10.1. The van der Waals surface area contributed by atoms with E-state index in [0.717, 1.165) is 18.2 Å². The van der Waals surface area contributed by atoms with Gasteiger partial charge in [0.2, 0.25) is 0 Å². The maximum absolute atomic E-state index is 4.59. The topological polar surface area (TPSA) is 31.4 Å². The molecular formula is C13H22N4. The minimum absolute atomic E-state index is 0.577. The number of aromatic nitrogens is 1. The minimum atomic E-state index is 0.577. The molecule has 1 aliphatic heterocycles. The highest BCUT2D eigenvalue weighted by molar-refractivity contribution is 5.47. The summed E-state index contributed by atoms with van der Waals surface area (Å²) < 4.78 is 0. The second kappa shape index (κ2) is 5.36. The molecule has 0 aromatic carbocycles. The molecule has 1 aliphatic rings. The predicted octanol–water partition coefficient (Wildman–Crippen LogP) is 1.65. The van der Waals surface area contributed by atoms with Gasteiger partial charge in [0.05, 0.1) is 0 Å². The van der Waals surface area contributed by atoms with Crippen LogP contribution in [-0.4, -0.2) is 50.2 Å². The molecule has 0 bridgehead atoms. The summed E-state index contributed by atoms with van der Waals surface area (Å²) in [5.41, 5.74) is 0. The van der Waals surface area contributed by atoms with Crippen molar-refractivity contribution in [3.63, 3.8) is 0 Å². The molecule has 0 aliphatic carbocycles. The van der Waals surface area contributed by atoms with Crippen molar-refractivity contribution in [2.45, 2.75) is 18.9 Å². The molecule has 94 valence electrons. The molecule has 17 heavy (non-hydrogen) atoms. The normalized spacial score (nSPS) is 21.2. The van der Waals surface area contributed by atoms with Gasteiger partial charge in [-0.25, -0.2) is 4.98 Å². The van der Waals surface area contributed by atoms with Crippen molar-refractivity contribution in [2.24, 2.45) is 0 Å². The number of nitrogens with zero attached hydrogens (tertiary/aromatic N) is 3. The van der Waals surface area contributed by atoms with Crippen LogP contribution in [-0.2, 0) is 0 Å². The molecule has 2 rings (SSSR count). The number of likely N-dealkylation sites (tertiary alicyclic amines) is 1. The van der Waals surface area contributed by atoms with Gasteiger partial charge in [0.1, 0.15) is 11.6 Å². The Morgan fingerprint density at radius 2 is 2.29 bits per heavy atom. The first kappa shape index (κ1) is 12.2. The number of likely N-dealkylation sites (N-methyl/N-ethyl adjacent to an activating group) is 2. The molecule has 2 heterocycles. The molecule has 0 spiro atoms. The van der Waals surface area contributed by atoms with Gasteiger partial charge in [0.15, 0.2) is 0 Å². The van der Waals surface area contributed by atoms with Crippen LogP contribution in [0.3, 0.4) is 0 Å². The van der Waals surface area contributed by atoms with E-state index in [1.807, 2.05) is 13.1 Å². The van der Waals surface area contributed by atoms with Crippen molar-refractivity contribution in [2.75, 3.05) is 44.4 Å². The monoisotopic (exact) mass is 234 g/mol. The molecule has 0 saturated carbocycles. The van der Waals surface area contributed by atoms with E-state index in [1.54, 1.807) is 0 Å². The van der Waals surface area contributed by atoms with E-state index in [9.17, 15) is 0 Å². The van der Waals surface area contributed by atoms with Crippen molar-refractivity contribution in [1.29, 1.82) is 0 Å². The molecule has 0 amide bonds. The molecule has 1 N–H and O–H groups in total. The number of pyridine rings is 1.